The van der Waals surface area contributed by atoms with Crippen LogP contribution in [0, 0.1) is 6.92 Å². The third kappa shape index (κ3) is 1.51. The van der Waals surface area contributed by atoms with E-state index in [4.69, 9.17) is 11.6 Å². The zero-order valence-corrected chi connectivity index (χ0v) is 8.57. The molecular weight excluding hydrogens is 198 g/mol. The summed E-state index contributed by atoms with van der Waals surface area (Å²) in [7, 11) is 0. The minimum atomic E-state index is 0.418. The fraction of sp³-hybridized carbons (Fsp3) is 0.200. The molecule has 0 fully saturated rings. The highest BCUT2D eigenvalue weighted by atomic mass is 35.5. The second-order valence-electron chi connectivity index (χ2n) is 3.06. The lowest BCUT2D eigenvalue weighted by Gasteiger charge is -2.06. The molecule has 0 atom stereocenters. The van der Waals surface area contributed by atoms with Crippen LogP contribution in [-0.4, -0.2) is 15.0 Å². The van der Waals surface area contributed by atoms with Gasteiger partial charge < -0.3 is 0 Å². The molecule has 1 heterocycles. The number of alkyl halides is 1. The molecule has 0 N–H and O–H groups in total. The lowest BCUT2D eigenvalue weighted by atomic mass is 10.2. The van der Waals surface area contributed by atoms with Crippen molar-refractivity contribution in [3.63, 3.8) is 0 Å². The SMILES string of the molecule is Cc1ccccc1-n1nncc1CCl. The maximum atomic E-state index is 5.77. The molecule has 0 amide bonds. The summed E-state index contributed by atoms with van der Waals surface area (Å²) in [6, 6.07) is 8.01. The largest absolute Gasteiger partial charge is 0.216 e. The monoisotopic (exact) mass is 207 g/mol. The van der Waals surface area contributed by atoms with Crippen LogP contribution in [0.1, 0.15) is 11.3 Å². The van der Waals surface area contributed by atoms with Gasteiger partial charge in [0.1, 0.15) is 0 Å². The van der Waals surface area contributed by atoms with Gasteiger partial charge in [0.2, 0.25) is 0 Å². The Morgan fingerprint density at radius 2 is 2.14 bits per heavy atom. The van der Waals surface area contributed by atoms with Crippen LogP contribution < -0.4 is 0 Å². The summed E-state index contributed by atoms with van der Waals surface area (Å²) in [6.45, 7) is 2.04. The van der Waals surface area contributed by atoms with Crippen molar-refractivity contribution in [2.75, 3.05) is 0 Å². The molecule has 0 saturated heterocycles. The normalized spacial score (nSPS) is 10.4. The number of para-hydroxylation sites is 1. The third-order valence-electron chi connectivity index (χ3n) is 2.10. The molecule has 0 unspecified atom stereocenters. The van der Waals surface area contributed by atoms with Crippen LogP contribution in [0.3, 0.4) is 0 Å². The summed E-state index contributed by atoms with van der Waals surface area (Å²) in [5, 5.41) is 7.84. The molecule has 0 spiro atoms. The molecule has 72 valence electrons. The van der Waals surface area contributed by atoms with Gasteiger partial charge in [0.05, 0.1) is 23.5 Å². The summed E-state index contributed by atoms with van der Waals surface area (Å²) in [5.41, 5.74) is 3.09. The summed E-state index contributed by atoms with van der Waals surface area (Å²) in [5.74, 6) is 0.418. The van der Waals surface area contributed by atoms with Gasteiger partial charge in [-0.3, -0.25) is 0 Å². The maximum absolute atomic E-state index is 5.77. The predicted molar refractivity (Wildman–Crippen MR) is 55.7 cm³/mol. The maximum Gasteiger partial charge on any atom is 0.0793 e. The average Bonchev–Trinajstić information content (AvgIpc) is 2.66. The second kappa shape index (κ2) is 3.80. The Bertz CT molecular complexity index is 436. The molecule has 1 aromatic carbocycles. The van der Waals surface area contributed by atoms with Gasteiger partial charge in [-0.2, -0.15) is 0 Å². The molecule has 0 aliphatic rings. The van der Waals surface area contributed by atoms with Gasteiger partial charge in [0, 0.05) is 0 Å². The van der Waals surface area contributed by atoms with E-state index in [0.717, 1.165) is 16.9 Å². The summed E-state index contributed by atoms with van der Waals surface area (Å²) < 4.78 is 1.77. The molecule has 0 radical (unpaired) electrons. The molecular formula is C10H10ClN3. The number of hydrogen-bond acceptors (Lipinski definition) is 2. The number of hydrogen-bond donors (Lipinski definition) is 0. The fourth-order valence-electron chi connectivity index (χ4n) is 1.35. The van der Waals surface area contributed by atoms with Gasteiger partial charge in [0.25, 0.3) is 0 Å². The smallest absolute Gasteiger partial charge is 0.0793 e. The first-order valence-corrected chi connectivity index (χ1v) is 4.88. The molecule has 2 aromatic rings. The Kier molecular flexibility index (Phi) is 2.50. The molecule has 4 heteroatoms. The first-order valence-electron chi connectivity index (χ1n) is 4.34. The minimum absolute atomic E-state index is 0.418. The van der Waals surface area contributed by atoms with Gasteiger partial charge in [0.15, 0.2) is 0 Å². The zero-order chi connectivity index (χ0) is 9.97. The van der Waals surface area contributed by atoms with E-state index in [0.29, 0.717) is 5.88 Å². The van der Waals surface area contributed by atoms with Crippen molar-refractivity contribution < 1.29 is 0 Å². The van der Waals surface area contributed by atoms with E-state index < -0.39 is 0 Å². The van der Waals surface area contributed by atoms with Crippen molar-refractivity contribution in [3.8, 4) is 5.69 Å². The standard InChI is InChI=1S/C10H10ClN3/c1-8-4-2-3-5-10(8)14-9(6-11)7-12-13-14/h2-5,7H,6H2,1H3. The van der Waals surface area contributed by atoms with Crippen molar-refractivity contribution in [1.29, 1.82) is 0 Å². The number of aryl methyl sites for hydroxylation is 1. The van der Waals surface area contributed by atoms with Gasteiger partial charge in [-0.15, -0.1) is 16.7 Å². The van der Waals surface area contributed by atoms with Crippen molar-refractivity contribution in [2.45, 2.75) is 12.8 Å². The molecule has 3 nitrogen and oxygen atoms in total. The minimum Gasteiger partial charge on any atom is -0.216 e. The highest BCUT2D eigenvalue weighted by Gasteiger charge is 2.06. The number of nitrogens with zero attached hydrogens (tertiary/aromatic N) is 3. The Balaban J connectivity index is 2.54. The van der Waals surface area contributed by atoms with E-state index >= 15 is 0 Å². The Morgan fingerprint density at radius 1 is 1.36 bits per heavy atom. The number of aromatic nitrogens is 3. The zero-order valence-electron chi connectivity index (χ0n) is 7.81. The molecule has 1 aromatic heterocycles. The average molecular weight is 208 g/mol. The number of benzene rings is 1. The van der Waals surface area contributed by atoms with Crippen LogP contribution in [0.15, 0.2) is 30.5 Å². The van der Waals surface area contributed by atoms with Crippen molar-refractivity contribution in [2.24, 2.45) is 0 Å². The lowest BCUT2D eigenvalue weighted by Crippen LogP contribution is -2.02. The molecule has 0 aliphatic heterocycles. The van der Waals surface area contributed by atoms with Crippen molar-refractivity contribution in [3.05, 3.63) is 41.7 Å². The summed E-state index contributed by atoms with van der Waals surface area (Å²) >= 11 is 5.77. The Labute approximate surface area is 87.3 Å². The molecule has 0 saturated carbocycles. The van der Waals surface area contributed by atoms with E-state index in [2.05, 4.69) is 10.3 Å². The van der Waals surface area contributed by atoms with Gasteiger partial charge >= 0.3 is 0 Å². The van der Waals surface area contributed by atoms with Crippen LogP contribution in [0.2, 0.25) is 0 Å². The van der Waals surface area contributed by atoms with Gasteiger partial charge in [-0.05, 0) is 18.6 Å². The highest BCUT2D eigenvalue weighted by Crippen LogP contribution is 2.14. The van der Waals surface area contributed by atoms with Crippen molar-refractivity contribution in [1.82, 2.24) is 15.0 Å². The fourth-order valence-corrected chi connectivity index (χ4v) is 1.53. The van der Waals surface area contributed by atoms with E-state index in [-0.39, 0.29) is 0 Å². The summed E-state index contributed by atoms with van der Waals surface area (Å²) in [6.07, 6.45) is 1.68. The second-order valence-corrected chi connectivity index (χ2v) is 3.32. The highest BCUT2D eigenvalue weighted by molar-refractivity contribution is 6.16. The molecule has 0 bridgehead atoms. The van der Waals surface area contributed by atoms with Crippen molar-refractivity contribution >= 4 is 11.6 Å². The van der Waals surface area contributed by atoms with Crippen LogP contribution in [0.5, 0.6) is 0 Å². The third-order valence-corrected chi connectivity index (χ3v) is 2.37. The van der Waals surface area contributed by atoms with E-state index in [1.807, 2.05) is 31.2 Å². The molecule has 2 rings (SSSR count). The van der Waals surface area contributed by atoms with Crippen LogP contribution >= 0.6 is 11.6 Å². The first kappa shape index (κ1) is 9.21. The van der Waals surface area contributed by atoms with Crippen LogP contribution in [0.4, 0.5) is 0 Å². The molecule has 14 heavy (non-hydrogen) atoms. The quantitative estimate of drug-likeness (QED) is 0.708. The topological polar surface area (TPSA) is 30.7 Å². The van der Waals surface area contributed by atoms with Crippen LogP contribution in [-0.2, 0) is 5.88 Å². The van der Waals surface area contributed by atoms with E-state index in [9.17, 15) is 0 Å². The Morgan fingerprint density at radius 3 is 2.86 bits per heavy atom. The van der Waals surface area contributed by atoms with E-state index in [1.165, 1.54) is 0 Å². The Hall–Kier alpha value is -1.35. The van der Waals surface area contributed by atoms with E-state index in [1.54, 1.807) is 10.9 Å². The number of rotatable bonds is 2. The van der Waals surface area contributed by atoms with Gasteiger partial charge in [-0.1, -0.05) is 23.4 Å². The van der Waals surface area contributed by atoms with Crippen LogP contribution in [0.25, 0.3) is 5.69 Å². The predicted octanol–water partition coefficient (Wildman–Crippen LogP) is 2.31. The number of halogens is 1. The van der Waals surface area contributed by atoms with Gasteiger partial charge in [-0.25, -0.2) is 4.68 Å². The lowest BCUT2D eigenvalue weighted by molar-refractivity contribution is 0.777. The summed E-state index contributed by atoms with van der Waals surface area (Å²) in [4.78, 5) is 0. The molecule has 0 aliphatic carbocycles. The first-order chi connectivity index (χ1) is 6.83.